The smallest absolute Gasteiger partial charge is 0.251 e. The minimum Gasteiger partial charge on any atom is -0.392 e. The Hall–Kier alpha value is -2.14. The number of carbonyl (C=O) groups is 2. The van der Waals surface area contributed by atoms with Crippen LogP contribution in [0.4, 0.5) is 0 Å². The van der Waals surface area contributed by atoms with Crippen LogP contribution in [0.15, 0.2) is 42.0 Å². The number of carbonyl (C=O) groups excluding carboxylic acids is 2. The van der Waals surface area contributed by atoms with Crippen molar-refractivity contribution in [3.05, 3.63) is 47.5 Å². The second kappa shape index (κ2) is 9.72. The van der Waals surface area contributed by atoms with Gasteiger partial charge in [0.1, 0.15) is 0 Å². The molecule has 0 spiro atoms. The molecule has 0 saturated carbocycles. The molecule has 0 unspecified atom stereocenters. The van der Waals surface area contributed by atoms with E-state index in [-0.39, 0.29) is 18.4 Å². The summed E-state index contributed by atoms with van der Waals surface area (Å²) in [6.45, 7) is 2.65. The van der Waals surface area contributed by atoms with Gasteiger partial charge in [0.05, 0.1) is 6.61 Å². The van der Waals surface area contributed by atoms with E-state index in [9.17, 15) is 9.59 Å². The molecule has 1 aromatic carbocycles. The zero-order chi connectivity index (χ0) is 15.5. The summed E-state index contributed by atoms with van der Waals surface area (Å²) in [5.74, 6) is -0.251. The van der Waals surface area contributed by atoms with Gasteiger partial charge in [-0.1, -0.05) is 24.3 Å². The number of nitrogens with one attached hydrogen (secondary N) is 2. The van der Waals surface area contributed by atoms with E-state index in [2.05, 4.69) is 10.6 Å². The highest BCUT2D eigenvalue weighted by Gasteiger charge is 2.04. The highest BCUT2D eigenvalue weighted by molar-refractivity contribution is 5.94. The Kier molecular flexibility index (Phi) is 7.82. The van der Waals surface area contributed by atoms with Crippen molar-refractivity contribution in [2.45, 2.75) is 19.8 Å². The predicted molar refractivity (Wildman–Crippen MR) is 81.9 cm³/mol. The highest BCUT2D eigenvalue weighted by atomic mass is 16.2. The first-order valence-corrected chi connectivity index (χ1v) is 7.04. The van der Waals surface area contributed by atoms with Gasteiger partial charge in [-0.2, -0.15) is 0 Å². The third kappa shape index (κ3) is 6.72. The van der Waals surface area contributed by atoms with Crippen molar-refractivity contribution < 1.29 is 14.7 Å². The highest BCUT2D eigenvalue weighted by Crippen LogP contribution is 1.98. The number of rotatable bonds is 8. The topological polar surface area (TPSA) is 78.4 Å². The molecule has 5 heteroatoms. The number of hydrogen-bond donors (Lipinski definition) is 3. The number of amides is 2. The van der Waals surface area contributed by atoms with Gasteiger partial charge in [0, 0.05) is 24.2 Å². The van der Waals surface area contributed by atoms with Gasteiger partial charge in [-0.3, -0.25) is 9.59 Å². The van der Waals surface area contributed by atoms with Crippen LogP contribution in [0.5, 0.6) is 0 Å². The summed E-state index contributed by atoms with van der Waals surface area (Å²) >= 11 is 0. The van der Waals surface area contributed by atoms with Crippen LogP contribution in [0.25, 0.3) is 0 Å². The predicted octanol–water partition coefficient (Wildman–Crippen LogP) is 1.25. The third-order valence-corrected chi connectivity index (χ3v) is 2.97. The van der Waals surface area contributed by atoms with Crippen LogP contribution in [0, 0.1) is 0 Å². The number of aliphatic hydroxyl groups excluding tert-OH is 1. The lowest BCUT2D eigenvalue weighted by molar-refractivity contribution is -0.117. The molecule has 3 N–H and O–H groups in total. The minimum atomic E-state index is -0.169. The van der Waals surface area contributed by atoms with Crippen LogP contribution in [0.2, 0.25) is 0 Å². The summed E-state index contributed by atoms with van der Waals surface area (Å²) in [6, 6.07) is 9.06. The van der Waals surface area contributed by atoms with Crippen molar-refractivity contribution in [2.75, 3.05) is 19.7 Å². The normalized spacial score (nSPS) is 11.0. The summed E-state index contributed by atoms with van der Waals surface area (Å²) in [7, 11) is 0. The number of hydrogen-bond acceptors (Lipinski definition) is 3. The molecule has 2 amide bonds. The first kappa shape index (κ1) is 16.9. The SMILES string of the molecule is C/C(=C\CO)C(=O)NCCCCNC(=O)c1ccccc1. The summed E-state index contributed by atoms with van der Waals surface area (Å²) < 4.78 is 0. The van der Waals surface area contributed by atoms with E-state index >= 15 is 0 Å². The molecule has 1 rings (SSSR count). The third-order valence-electron chi connectivity index (χ3n) is 2.97. The van der Waals surface area contributed by atoms with Crippen LogP contribution in [-0.4, -0.2) is 36.6 Å². The fourth-order valence-electron chi connectivity index (χ4n) is 1.71. The molecule has 0 heterocycles. The molecular formula is C16H22N2O3. The Bertz CT molecular complexity index is 484. The van der Waals surface area contributed by atoms with E-state index in [0.29, 0.717) is 24.2 Å². The van der Waals surface area contributed by atoms with Crippen LogP contribution in [-0.2, 0) is 4.79 Å². The van der Waals surface area contributed by atoms with Crippen LogP contribution in [0.3, 0.4) is 0 Å². The molecule has 114 valence electrons. The molecule has 21 heavy (non-hydrogen) atoms. The molecular weight excluding hydrogens is 268 g/mol. The van der Waals surface area contributed by atoms with Gasteiger partial charge in [-0.15, -0.1) is 0 Å². The van der Waals surface area contributed by atoms with Crippen LogP contribution in [0.1, 0.15) is 30.1 Å². The van der Waals surface area contributed by atoms with Gasteiger partial charge in [-0.25, -0.2) is 0 Å². The summed E-state index contributed by atoms with van der Waals surface area (Å²) in [5.41, 5.74) is 1.16. The van der Waals surface area contributed by atoms with Crippen molar-refractivity contribution in [1.29, 1.82) is 0 Å². The molecule has 0 atom stereocenters. The molecule has 0 aliphatic heterocycles. The van der Waals surface area contributed by atoms with Gasteiger partial charge in [0.2, 0.25) is 5.91 Å². The molecule has 0 aliphatic carbocycles. The van der Waals surface area contributed by atoms with E-state index in [1.54, 1.807) is 19.1 Å². The van der Waals surface area contributed by atoms with Crippen molar-refractivity contribution in [1.82, 2.24) is 10.6 Å². The van der Waals surface area contributed by atoms with Crippen LogP contribution < -0.4 is 10.6 Å². The average Bonchev–Trinajstić information content (AvgIpc) is 2.51. The summed E-state index contributed by atoms with van der Waals surface area (Å²) in [4.78, 5) is 23.2. The van der Waals surface area contributed by atoms with E-state index < -0.39 is 0 Å². The molecule has 5 nitrogen and oxygen atoms in total. The molecule has 0 aliphatic rings. The second-order valence-corrected chi connectivity index (χ2v) is 4.65. The fraction of sp³-hybridized carbons (Fsp3) is 0.375. The van der Waals surface area contributed by atoms with Gasteiger partial charge >= 0.3 is 0 Å². The maximum atomic E-state index is 11.7. The fourth-order valence-corrected chi connectivity index (χ4v) is 1.71. The van der Waals surface area contributed by atoms with Crippen molar-refractivity contribution in [3.8, 4) is 0 Å². The monoisotopic (exact) mass is 290 g/mol. The quantitative estimate of drug-likeness (QED) is 0.498. The van der Waals surface area contributed by atoms with E-state index in [0.717, 1.165) is 12.8 Å². The maximum absolute atomic E-state index is 11.7. The lowest BCUT2D eigenvalue weighted by atomic mass is 10.2. The lowest BCUT2D eigenvalue weighted by Gasteiger charge is -2.07. The largest absolute Gasteiger partial charge is 0.392 e. The number of unbranched alkanes of at least 4 members (excludes halogenated alkanes) is 1. The summed E-state index contributed by atoms with van der Waals surface area (Å²) in [6.07, 6.45) is 3.05. The number of benzene rings is 1. The maximum Gasteiger partial charge on any atom is 0.251 e. The second-order valence-electron chi connectivity index (χ2n) is 4.65. The number of aliphatic hydroxyl groups is 1. The van der Waals surface area contributed by atoms with Crippen LogP contribution >= 0.6 is 0 Å². The van der Waals surface area contributed by atoms with Gasteiger partial charge in [-0.05, 0) is 31.9 Å². The van der Waals surface area contributed by atoms with E-state index in [1.807, 2.05) is 18.2 Å². The minimum absolute atomic E-state index is 0.0821. The Morgan fingerprint density at radius 2 is 1.71 bits per heavy atom. The average molecular weight is 290 g/mol. The standard InChI is InChI=1S/C16H22N2O3/c1-13(9-12-19)15(20)17-10-5-6-11-18-16(21)14-7-3-2-4-8-14/h2-4,7-9,19H,5-6,10-12H2,1H3,(H,17,20)(H,18,21)/b13-9+. The molecule has 1 aromatic rings. The van der Waals surface area contributed by atoms with E-state index in [4.69, 9.17) is 5.11 Å². The van der Waals surface area contributed by atoms with Gasteiger partial charge in [0.25, 0.3) is 5.91 Å². The Balaban J connectivity index is 2.11. The van der Waals surface area contributed by atoms with Gasteiger partial charge in [0.15, 0.2) is 0 Å². The molecule has 0 fully saturated rings. The van der Waals surface area contributed by atoms with Crippen molar-refractivity contribution in [2.24, 2.45) is 0 Å². The zero-order valence-electron chi connectivity index (χ0n) is 12.3. The molecule has 0 radical (unpaired) electrons. The van der Waals surface area contributed by atoms with E-state index in [1.165, 1.54) is 6.08 Å². The lowest BCUT2D eigenvalue weighted by Crippen LogP contribution is -2.27. The van der Waals surface area contributed by atoms with Crippen molar-refractivity contribution in [3.63, 3.8) is 0 Å². The molecule has 0 saturated heterocycles. The summed E-state index contributed by atoms with van der Waals surface area (Å²) in [5, 5.41) is 14.3. The Labute approximate surface area is 125 Å². The van der Waals surface area contributed by atoms with Crippen molar-refractivity contribution >= 4 is 11.8 Å². The first-order chi connectivity index (χ1) is 10.1. The van der Waals surface area contributed by atoms with Gasteiger partial charge < -0.3 is 15.7 Å². The Morgan fingerprint density at radius 3 is 2.33 bits per heavy atom. The Morgan fingerprint density at radius 1 is 1.10 bits per heavy atom. The molecule has 0 bridgehead atoms. The molecule has 0 aromatic heterocycles. The zero-order valence-corrected chi connectivity index (χ0v) is 12.3. The first-order valence-electron chi connectivity index (χ1n) is 7.04.